The van der Waals surface area contributed by atoms with Gasteiger partial charge in [0.25, 0.3) is 0 Å². The van der Waals surface area contributed by atoms with Crippen LogP contribution >= 0.6 is 22.6 Å². The average molecular weight is 360 g/mol. The highest BCUT2D eigenvalue weighted by Crippen LogP contribution is 2.17. The third kappa shape index (κ3) is 5.82. The van der Waals surface area contributed by atoms with Crippen LogP contribution < -0.4 is 11.1 Å². The molecular formula is C14H21IN2O. The standard InChI is InChI=1S/C14H21IN2O/c1-10(2)6-11(9-16)7-14(18)17-13-5-3-4-12(15)8-13/h3-5,8,10-11H,6-7,9,16H2,1-2H3,(H,17,18)/t11-/m0/s1. The van der Waals surface area contributed by atoms with Gasteiger partial charge in [0.05, 0.1) is 0 Å². The van der Waals surface area contributed by atoms with E-state index < -0.39 is 0 Å². The molecule has 0 unspecified atom stereocenters. The second-order valence-electron chi connectivity index (χ2n) is 4.99. The van der Waals surface area contributed by atoms with Gasteiger partial charge in [-0.2, -0.15) is 0 Å². The summed E-state index contributed by atoms with van der Waals surface area (Å²) < 4.78 is 1.11. The topological polar surface area (TPSA) is 55.1 Å². The molecule has 0 radical (unpaired) electrons. The number of benzene rings is 1. The lowest BCUT2D eigenvalue weighted by Crippen LogP contribution is -2.23. The minimum atomic E-state index is 0.0492. The minimum Gasteiger partial charge on any atom is -0.330 e. The molecule has 0 saturated heterocycles. The lowest BCUT2D eigenvalue weighted by Gasteiger charge is -2.16. The van der Waals surface area contributed by atoms with Crippen molar-refractivity contribution in [2.75, 3.05) is 11.9 Å². The lowest BCUT2D eigenvalue weighted by atomic mass is 9.94. The summed E-state index contributed by atoms with van der Waals surface area (Å²) in [6.45, 7) is 4.87. The number of hydrogen-bond acceptors (Lipinski definition) is 2. The molecule has 18 heavy (non-hydrogen) atoms. The highest BCUT2D eigenvalue weighted by atomic mass is 127. The second-order valence-corrected chi connectivity index (χ2v) is 6.24. The van der Waals surface area contributed by atoms with Crippen molar-refractivity contribution in [2.24, 2.45) is 17.6 Å². The van der Waals surface area contributed by atoms with Gasteiger partial charge in [0.1, 0.15) is 0 Å². The highest BCUT2D eigenvalue weighted by molar-refractivity contribution is 14.1. The van der Waals surface area contributed by atoms with Crippen LogP contribution in [0, 0.1) is 15.4 Å². The molecule has 1 aromatic carbocycles. The molecule has 0 aromatic heterocycles. The Kier molecular flexibility index (Phi) is 6.63. The molecule has 0 aliphatic rings. The van der Waals surface area contributed by atoms with Crippen LogP contribution in [0.2, 0.25) is 0 Å². The van der Waals surface area contributed by atoms with Gasteiger partial charge < -0.3 is 11.1 Å². The first kappa shape index (κ1) is 15.4. The maximum Gasteiger partial charge on any atom is 0.224 e. The molecule has 0 saturated carbocycles. The molecule has 3 N–H and O–H groups in total. The highest BCUT2D eigenvalue weighted by Gasteiger charge is 2.14. The number of carbonyl (C=O) groups is 1. The van der Waals surface area contributed by atoms with Crippen molar-refractivity contribution in [3.8, 4) is 0 Å². The van der Waals surface area contributed by atoms with Crippen LogP contribution in [0.3, 0.4) is 0 Å². The average Bonchev–Trinajstić information content (AvgIpc) is 2.27. The number of nitrogens with one attached hydrogen (secondary N) is 1. The first-order valence-corrected chi connectivity index (χ1v) is 7.34. The Bertz CT molecular complexity index is 393. The normalized spacial score (nSPS) is 12.5. The Labute approximate surface area is 123 Å². The van der Waals surface area contributed by atoms with E-state index >= 15 is 0 Å². The Morgan fingerprint density at radius 1 is 1.44 bits per heavy atom. The van der Waals surface area contributed by atoms with Gasteiger partial charge in [-0.3, -0.25) is 4.79 Å². The smallest absolute Gasteiger partial charge is 0.224 e. The zero-order valence-corrected chi connectivity index (χ0v) is 13.1. The predicted molar refractivity (Wildman–Crippen MR) is 84.4 cm³/mol. The number of nitrogens with two attached hydrogens (primary N) is 1. The van der Waals surface area contributed by atoms with E-state index in [2.05, 4.69) is 41.8 Å². The molecule has 3 nitrogen and oxygen atoms in total. The zero-order chi connectivity index (χ0) is 13.5. The number of amides is 1. The van der Waals surface area contributed by atoms with E-state index in [0.29, 0.717) is 18.9 Å². The summed E-state index contributed by atoms with van der Waals surface area (Å²) in [4.78, 5) is 11.9. The molecule has 0 bridgehead atoms. The maximum absolute atomic E-state index is 11.9. The van der Waals surface area contributed by atoms with Gasteiger partial charge in [-0.25, -0.2) is 0 Å². The van der Waals surface area contributed by atoms with Gasteiger partial charge in [-0.1, -0.05) is 19.9 Å². The summed E-state index contributed by atoms with van der Waals surface area (Å²) in [5, 5.41) is 2.92. The molecule has 0 aliphatic heterocycles. The lowest BCUT2D eigenvalue weighted by molar-refractivity contribution is -0.117. The minimum absolute atomic E-state index is 0.0492. The van der Waals surface area contributed by atoms with Gasteiger partial charge >= 0.3 is 0 Å². The fraction of sp³-hybridized carbons (Fsp3) is 0.500. The number of rotatable bonds is 6. The fourth-order valence-electron chi connectivity index (χ4n) is 1.97. The number of hydrogen-bond donors (Lipinski definition) is 2. The fourth-order valence-corrected chi connectivity index (χ4v) is 2.51. The monoisotopic (exact) mass is 360 g/mol. The number of anilines is 1. The number of carbonyl (C=O) groups excluding carboxylic acids is 1. The van der Waals surface area contributed by atoms with Gasteiger partial charge in [0.15, 0.2) is 0 Å². The van der Waals surface area contributed by atoms with E-state index in [0.717, 1.165) is 15.7 Å². The summed E-state index contributed by atoms with van der Waals surface area (Å²) in [5.41, 5.74) is 6.56. The quantitative estimate of drug-likeness (QED) is 0.766. The van der Waals surface area contributed by atoms with Crippen LogP contribution in [0.15, 0.2) is 24.3 Å². The van der Waals surface area contributed by atoms with E-state index in [1.54, 1.807) is 0 Å². The largest absolute Gasteiger partial charge is 0.330 e. The van der Waals surface area contributed by atoms with Crippen LogP contribution in [-0.2, 0) is 4.79 Å². The van der Waals surface area contributed by atoms with Crippen LogP contribution in [0.5, 0.6) is 0 Å². The molecule has 100 valence electrons. The first-order chi connectivity index (χ1) is 8.51. The summed E-state index contributed by atoms with van der Waals surface area (Å²) in [5.74, 6) is 0.893. The van der Waals surface area contributed by atoms with E-state index in [-0.39, 0.29) is 11.8 Å². The second kappa shape index (κ2) is 7.74. The Hall–Kier alpha value is -0.620. The van der Waals surface area contributed by atoms with E-state index in [4.69, 9.17) is 5.73 Å². The van der Waals surface area contributed by atoms with Crippen LogP contribution in [0.4, 0.5) is 5.69 Å². The van der Waals surface area contributed by atoms with Gasteiger partial charge in [-0.05, 0) is 65.6 Å². The van der Waals surface area contributed by atoms with Gasteiger partial charge in [-0.15, -0.1) is 0 Å². The predicted octanol–water partition coefficient (Wildman–Crippen LogP) is 3.24. The third-order valence-electron chi connectivity index (χ3n) is 2.72. The molecule has 0 aliphatic carbocycles. The molecule has 1 amide bonds. The summed E-state index contributed by atoms with van der Waals surface area (Å²) in [6, 6.07) is 7.79. The van der Waals surface area contributed by atoms with Crippen LogP contribution in [0.1, 0.15) is 26.7 Å². The SMILES string of the molecule is CC(C)C[C@H](CN)CC(=O)Nc1cccc(I)c1. The van der Waals surface area contributed by atoms with Crippen molar-refractivity contribution in [3.63, 3.8) is 0 Å². The molecule has 1 atom stereocenters. The van der Waals surface area contributed by atoms with Crippen molar-refractivity contribution in [3.05, 3.63) is 27.8 Å². The van der Waals surface area contributed by atoms with E-state index in [1.165, 1.54) is 0 Å². The molecule has 1 aromatic rings. The summed E-state index contributed by atoms with van der Waals surface area (Å²) in [6.07, 6.45) is 1.50. The van der Waals surface area contributed by atoms with Crippen LogP contribution in [0.25, 0.3) is 0 Å². The molecule has 1 rings (SSSR count). The molecular weight excluding hydrogens is 339 g/mol. The Morgan fingerprint density at radius 3 is 2.72 bits per heavy atom. The van der Waals surface area contributed by atoms with Gasteiger partial charge in [0, 0.05) is 15.7 Å². The van der Waals surface area contributed by atoms with E-state index in [9.17, 15) is 4.79 Å². The van der Waals surface area contributed by atoms with Crippen molar-refractivity contribution in [1.82, 2.24) is 0 Å². The van der Waals surface area contributed by atoms with Crippen molar-refractivity contribution < 1.29 is 4.79 Å². The molecule has 0 heterocycles. The van der Waals surface area contributed by atoms with Crippen molar-refractivity contribution in [1.29, 1.82) is 0 Å². The van der Waals surface area contributed by atoms with Gasteiger partial charge in [0.2, 0.25) is 5.91 Å². The molecule has 0 spiro atoms. The summed E-state index contributed by atoms with van der Waals surface area (Å²) in [7, 11) is 0. The third-order valence-corrected chi connectivity index (χ3v) is 3.39. The molecule has 0 fully saturated rings. The van der Waals surface area contributed by atoms with Crippen molar-refractivity contribution >= 4 is 34.2 Å². The maximum atomic E-state index is 11.9. The van der Waals surface area contributed by atoms with E-state index in [1.807, 2.05) is 24.3 Å². The Morgan fingerprint density at radius 2 is 2.17 bits per heavy atom. The van der Waals surface area contributed by atoms with Crippen molar-refractivity contribution in [2.45, 2.75) is 26.7 Å². The van der Waals surface area contributed by atoms with Crippen LogP contribution in [-0.4, -0.2) is 12.5 Å². The number of halogens is 1. The Balaban J connectivity index is 2.50. The first-order valence-electron chi connectivity index (χ1n) is 6.26. The zero-order valence-electron chi connectivity index (χ0n) is 10.9. The summed E-state index contributed by atoms with van der Waals surface area (Å²) >= 11 is 2.23. The molecule has 4 heteroatoms.